The maximum absolute atomic E-state index is 6.03. The summed E-state index contributed by atoms with van der Waals surface area (Å²) in [7, 11) is 2.21. The van der Waals surface area contributed by atoms with Gasteiger partial charge in [-0.1, -0.05) is 18.6 Å². The Balaban J connectivity index is 1.52. The van der Waals surface area contributed by atoms with Crippen molar-refractivity contribution in [3.05, 3.63) is 24.3 Å². The SMILES string of the molecule is CN(CC1CCC1)CC1CNc2ccccc2O1. The lowest BCUT2D eigenvalue weighted by Crippen LogP contribution is -2.42. The number of fused-ring (bicyclic) bond motifs is 1. The summed E-state index contributed by atoms with van der Waals surface area (Å²) in [5.41, 5.74) is 1.12. The molecule has 1 aliphatic heterocycles. The van der Waals surface area contributed by atoms with Crippen molar-refractivity contribution in [2.45, 2.75) is 25.4 Å². The van der Waals surface area contributed by atoms with E-state index in [9.17, 15) is 0 Å². The molecule has 2 aliphatic rings. The second kappa shape index (κ2) is 5.19. The maximum Gasteiger partial charge on any atom is 0.142 e. The Kier molecular flexibility index (Phi) is 3.41. The zero-order valence-electron chi connectivity index (χ0n) is 11.1. The fourth-order valence-electron chi connectivity index (χ4n) is 2.80. The minimum absolute atomic E-state index is 0.268. The van der Waals surface area contributed by atoms with Crippen LogP contribution >= 0.6 is 0 Å². The zero-order valence-corrected chi connectivity index (χ0v) is 11.1. The van der Waals surface area contributed by atoms with Gasteiger partial charge in [-0.25, -0.2) is 0 Å². The number of para-hydroxylation sites is 2. The molecule has 3 nitrogen and oxygen atoms in total. The van der Waals surface area contributed by atoms with Crippen molar-refractivity contribution in [2.75, 3.05) is 32.0 Å². The van der Waals surface area contributed by atoms with E-state index in [2.05, 4.69) is 23.3 Å². The molecule has 1 aromatic carbocycles. The third kappa shape index (κ3) is 2.61. The summed E-state index contributed by atoms with van der Waals surface area (Å²) in [4.78, 5) is 2.42. The number of likely N-dealkylation sites (N-methyl/N-ethyl adjacent to an activating group) is 1. The van der Waals surface area contributed by atoms with Gasteiger partial charge in [0.25, 0.3) is 0 Å². The number of rotatable bonds is 4. The van der Waals surface area contributed by atoms with Crippen molar-refractivity contribution in [2.24, 2.45) is 5.92 Å². The molecule has 3 rings (SSSR count). The first-order valence-corrected chi connectivity index (χ1v) is 6.99. The molecule has 98 valence electrons. The molecule has 0 spiro atoms. The topological polar surface area (TPSA) is 24.5 Å². The third-order valence-corrected chi connectivity index (χ3v) is 4.01. The average molecular weight is 246 g/mol. The molecule has 1 fully saturated rings. The van der Waals surface area contributed by atoms with Crippen LogP contribution in [0, 0.1) is 5.92 Å². The van der Waals surface area contributed by atoms with Crippen LogP contribution in [0.25, 0.3) is 0 Å². The smallest absolute Gasteiger partial charge is 0.142 e. The second-order valence-electron chi connectivity index (χ2n) is 5.64. The van der Waals surface area contributed by atoms with Gasteiger partial charge in [0, 0.05) is 13.1 Å². The molecule has 1 atom stereocenters. The van der Waals surface area contributed by atoms with Crippen molar-refractivity contribution in [1.82, 2.24) is 4.90 Å². The second-order valence-corrected chi connectivity index (χ2v) is 5.64. The van der Waals surface area contributed by atoms with Crippen molar-refractivity contribution >= 4 is 5.69 Å². The Morgan fingerprint density at radius 2 is 2.11 bits per heavy atom. The monoisotopic (exact) mass is 246 g/mol. The first kappa shape index (κ1) is 11.8. The lowest BCUT2D eigenvalue weighted by Gasteiger charge is -2.34. The fraction of sp³-hybridized carbons (Fsp3) is 0.600. The summed E-state index contributed by atoms with van der Waals surface area (Å²) < 4.78 is 6.03. The molecule has 1 aromatic rings. The van der Waals surface area contributed by atoms with E-state index < -0.39 is 0 Å². The molecule has 0 amide bonds. The Morgan fingerprint density at radius 1 is 1.28 bits per heavy atom. The molecule has 3 heteroatoms. The van der Waals surface area contributed by atoms with Gasteiger partial charge in [0.05, 0.1) is 12.2 Å². The molecule has 1 N–H and O–H groups in total. The van der Waals surface area contributed by atoms with E-state index in [-0.39, 0.29) is 6.10 Å². The van der Waals surface area contributed by atoms with Crippen LogP contribution in [-0.4, -0.2) is 37.7 Å². The minimum Gasteiger partial charge on any atom is -0.485 e. The van der Waals surface area contributed by atoms with Gasteiger partial charge in [-0.3, -0.25) is 0 Å². The van der Waals surface area contributed by atoms with Crippen LogP contribution in [0.3, 0.4) is 0 Å². The number of hydrogen-bond acceptors (Lipinski definition) is 3. The van der Waals surface area contributed by atoms with Gasteiger partial charge in [-0.15, -0.1) is 0 Å². The molecular weight excluding hydrogens is 224 g/mol. The highest BCUT2D eigenvalue weighted by Gasteiger charge is 2.23. The molecule has 18 heavy (non-hydrogen) atoms. The predicted octanol–water partition coefficient (Wildman–Crippen LogP) is 2.59. The number of ether oxygens (including phenoxy) is 1. The Labute approximate surface area is 109 Å². The third-order valence-electron chi connectivity index (χ3n) is 4.01. The van der Waals surface area contributed by atoms with E-state index >= 15 is 0 Å². The zero-order chi connectivity index (χ0) is 12.4. The van der Waals surface area contributed by atoms with E-state index in [0.29, 0.717) is 0 Å². The van der Waals surface area contributed by atoms with Crippen LogP contribution in [0.5, 0.6) is 5.75 Å². The largest absolute Gasteiger partial charge is 0.485 e. The lowest BCUT2D eigenvalue weighted by molar-refractivity contribution is 0.126. The van der Waals surface area contributed by atoms with Gasteiger partial charge in [-0.05, 0) is 37.9 Å². The van der Waals surface area contributed by atoms with Gasteiger partial charge < -0.3 is 15.0 Å². The summed E-state index contributed by atoms with van der Waals surface area (Å²) in [6.07, 6.45) is 4.52. The minimum atomic E-state index is 0.268. The first-order chi connectivity index (χ1) is 8.81. The van der Waals surface area contributed by atoms with Crippen molar-refractivity contribution in [3.8, 4) is 5.75 Å². The lowest BCUT2D eigenvalue weighted by atomic mass is 9.85. The Bertz CT molecular complexity index is 403. The van der Waals surface area contributed by atoms with E-state index in [4.69, 9.17) is 4.74 Å². The Morgan fingerprint density at radius 3 is 2.89 bits per heavy atom. The average Bonchev–Trinajstić information content (AvgIpc) is 2.34. The quantitative estimate of drug-likeness (QED) is 0.883. The van der Waals surface area contributed by atoms with E-state index in [1.54, 1.807) is 0 Å². The number of nitrogens with zero attached hydrogens (tertiary/aromatic N) is 1. The van der Waals surface area contributed by atoms with Gasteiger partial charge in [-0.2, -0.15) is 0 Å². The molecule has 1 saturated carbocycles. The summed E-state index contributed by atoms with van der Waals surface area (Å²) in [6.45, 7) is 3.14. The highest BCUT2D eigenvalue weighted by atomic mass is 16.5. The highest BCUT2D eigenvalue weighted by Crippen LogP contribution is 2.29. The van der Waals surface area contributed by atoms with Crippen LogP contribution in [0.15, 0.2) is 24.3 Å². The van der Waals surface area contributed by atoms with Gasteiger partial charge in [0.2, 0.25) is 0 Å². The summed E-state index contributed by atoms with van der Waals surface area (Å²) >= 11 is 0. The van der Waals surface area contributed by atoms with E-state index in [0.717, 1.165) is 30.4 Å². The van der Waals surface area contributed by atoms with Gasteiger partial charge in [0.15, 0.2) is 0 Å². The molecule has 1 unspecified atom stereocenters. The number of nitrogens with one attached hydrogen (secondary N) is 1. The van der Waals surface area contributed by atoms with Crippen LogP contribution in [0.2, 0.25) is 0 Å². The standard InChI is InChI=1S/C15H22N2O/c1-17(10-12-5-4-6-12)11-13-9-16-14-7-2-3-8-15(14)18-13/h2-3,7-8,12-13,16H,4-6,9-11H2,1H3. The van der Waals surface area contributed by atoms with Crippen molar-refractivity contribution in [3.63, 3.8) is 0 Å². The van der Waals surface area contributed by atoms with Crippen LogP contribution in [0.4, 0.5) is 5.69 Å². The predicted molar refractivity (Wildman–Crippen MR) is 74.2 cm³/mol. The molecule has 0 radical (unpaired) electrons. The molecule has 1 heterocycles. The van der Waals surface area contributed by atoms with E-state index in [1.807, 2.05) is 18.2 Å². The van der Waals surface area contributed by atoms with Crippen LogP contribution < -0.4 is 10.1 Å². The summed E-state index contributed by atoms with van der Waals surface area (Å²) in [5.74, 6) is 1.92. The summed E-state index contributed by atoms with van der Waals surface area (Å²) in [6, 6.07) is 8.18. The number of anilines is 1. The molecule has 0 saturated heterocycles. The number of benzene rings is 1. The molecular formula is C15H22N2O. The fourth-order valence-corrected chi connectivity index (χ4v) is 2.80. The Hall–Kier alpha value is -1.22. The van der Waals surface area contributed by atoms with Crippen molar-refractivity contribution < 1.29 is 4.74 Å². The van der Waals surface area contributed by atoms with Gasteiger partial charge >= 0.3 is 0 Å². The maximum atomic E-state index is 6.03. The van der Waals surface area contributed by atoms with Crippen LogP contribution in [0.1, 0.15) is 19.3 Å². The molecule has 0 aromatic heterocycles. The van der Waals surface area contributed by atoms with Crippen molar-refractivity contribution in [1.29, 1.82) is 0 Å². The number of hydrogen-bond donors (Lipinski definition) is 1. The molecule has 1 aliphatic carbocycles. The molecule has 0 bridgehead atoms. The van der Waals surface area contributed by atoms with Gasteiger partial charge in [0.1, 0.15) is 11.9 Å². The first-order valence-electron chi connectivity index (χ1n) is 6.99. The summed E-state index contributed by atoms with van der Waals surface area (Å²) in [5, 5.41) is 3.45. The highest BCUT2D eigenvalue weighted by molar-refractivity contribution is 5.57. The van der Waals surface area contributed by atoms with Crippen LogP contribution in [-0.2, 0) is 0 Å². The normalized spacial score (nSPS) is 22.9. The van der Waals surface area contributed by atoms with E-state index in [1.165, 1.54) is 25.8 Å².